The first-order chi connectivity index (χ1) is 5.25. The number of carbonyl (C=O) groups excluding carboxylic acids is 1. The van der Waals surface area contributed by atoms with Crippen LogP contribution in [0.15, 0.2) is 0 Å². The predicted octanol–water partition coefficient (Wildman–Crippen LogP) is -0.122. The molecule has 1 rings (SSSR count). The summed E-state index contributed by atoms with van der Waals surface area (Å²) in [5.74, 6) is 0. The number of urea groups is 1. The molecular formula is C7H15N3O. The molecule has 0 aliphatic heterocycles. The third kappa shape index (κ3) is 2.38. The highest BCUT2D eigenvalue weighted by molar-refractivity contribution is 5.72. The molecule has 0 heterocycles. The van der Waals surface area contributed by atoms with Gasteiger partial charge in [0.1, 0.15) is 0 Å². The van der Waals surface area contributed by atoms with Crippen molar-refractivity contribution in [2.75, 3.05) is 13.1 Å². The Kier molecular flexibility index (Phi) is 2.70. The third-order valence-electron chi connectivity index (χ3n) is 1.87. The average Bonchev–Trinajstić information content (AvgIpc) is 2.71. The zero-order chi connectivity index (χ0) is 8.27. The van der Waals surface area contributed by atoms with E-state index in [2.05, 4.69) is 0 Å². The number of hydrogen-bond acceptors (Lipinski definition) is 2. The lowest BCUT2D eigenvalue weighted by atomic mass is 10.4. The highest BCUT2D eigenvalue weighted by Crippen LogP contribution is 2.26. The normalized spacial score (nSPS) is 16.5. The van der Waals surface area contributed by atoms with E-state index in [1.807, 2.05) is 0 Å². The summed E-state index contributed by atoms with van der Waals surface area (Å²) in [4.78, 5) is 12.5. The molecule has 11 heavy (non-hydrogen) atoms. The van der Waals surface area contributed by atoms with Gasteiger partial charge >= 0.3 is 6.03 Å². The fourth-order valence-corrected chi connectivity index (χ4v) is 1.12. The Morgan fingerprint density at radius 2 is 2.18 bits per heavy atom. The molecule has 0 radical (unpaired) electrons. The zero-order valence-electron chi connectivity index (χ0n) is 6.62. The second-order valence-electron chi connectivity index (χ2n) is 2.91. The fraction of sp³-hybridized carbons (Fsp3) is 0.857. The van der Waals surface area contributed by atoms with Crippen molar-refractivity contribution in [2.45, 2.75) is 25.3 Å². The molecule has 1 aliphatic carbocycles. The van der Waals surface area contributed by atoms with Crippen LogP contribution in [0.4, 0.5) is 4.79 Å². The van der Waals surface area contributed by atoms with E-state index in [0.717, 1.165) is 25.8 Å². The van der Waals surface area contributed by atoms with Gasteiger partial charge in [-0.2, -0.15) is 0 Å². The molecule has 4 heteroatoms. The largest absolute Gasteiger partial charge is 0.351 e. The number of primary amides is 1. The van der Waals surface area contributed by atoms with Gasteiger partial charge < -0.3 is 16.4 Å². The van der Waals surface area contributed by atoms with E-state index in [4.69, 9.17) is 11.5 Å². The molecule has 2 amide bonds. The summed E-state index contributed by atoms with van der Waals surface area (Å²) in [6.45, 7) is 1.34. The zero-order valence-corrected chi connectivity index (χ0v) is 6.62. The van der Waals surface area contributed by atoms with Crippen LogP contribution in [0.2, 0.25) is 0 Å². The first-order valence-electron chi connectivity index (χ1n) is 4.02. The Morgan fingerprint density at radius 3 is 2.55 bits per heavy atom. The standard InChI is InChI=1S/C7H15N3O/c8-4-1-5-10(7(9)11)6-2-3-6/h6H,1-5,8H2,(H2,9,11). The highest BCUT2D eigenvalue weighted by Gasteiger charge is 2.30. The molecule has 1 aliphatic rings. The van der Waals surface area contributed by atoms with Crippen molar-refractivity contribution in [1.29, 1.82) is 0 Å². The van der Waals surface area contributed by atoms with E-state index in [1.165, 1.54) is 0 Å². The molecule has 4 N–H and O–H groups in total. The van der Waals surface area contributed by atoms with Gasteiger partial charge in [-0.1, -0.05) is 0 Å². The van der Waals surface area contributed by atoms with Crippen LogP contribution in [0, 0.1) is 0 Å². The Bertz CT molecular complexity index is 145. The summed E-state index contributed by atoms with van der Waals surface area (Å²) in [5.41, 5.74) is 10.5. The number of carbonyl (C=O) groups is 1. The lowest BCUT2D eigenvalue weighted by Gasteiger charge is -2.18. The van der Waals surface area contributed by atoms with Crippen molar-refractivity contribution in [3.63, 3.8) is 0 Å². The quantitative estimate of drug-likeness (QED) is 0.597. The minimum atomic E-state index is -0.305. The van der Waals surface area contributed by atoms with Crippen molar-refractivity contribution in [1.82, 2.24) is 4.90 Å². The molecular weight excluding hydrogens is 142 g/mol. The SMILES string of the molecule is NCCCN(C(N)=O)C1CC1. The summed E-state index contributed by atoms with van der Waals surface area (Å²) < 4.78 is 0. The topological polar surface area (TPSA) is 72.3 Å². The molecule has 0 bridgehead atoms. The first kappa shape index (κ1) is 8.33. The minimum Gasteiger partial charge on any atom is -0.351 e. The monoisotopic (exact) mass is 157 g/mol. The fourth-order valence-electron chi connectivity index (χ4n) is 1.12. The van der Waals surface area contributed by atoms with Crippen LogP contribution >= 0.6 is 0 Å². The van der Waals surface area contributed by atoms with Gasteiger partial charge in [0.2, 0.25) is 0 Å². The molecule has 0 unspecified atom stereocenters. The molecule has 64 valence electrons. The third-order valence-corrected chi connectivity index (χ3v) is 1.87. The first-order valence-corrected chi connectivity index (χ1v) is 4.02. The van der Waals surface area contributed by atoms with Gasteiger partial charge in [-0.15, -0.1) is 0 Å². The molecule has 0 spiro atoms. The van der Waals surface area contributed by atoms with Crippen LogP contribution in [0.3, 0.4) is 0 Å². The maximum atomic E-state index is 10.8. The van der Waals surface area contributed by atoms with Gasteiger partial charge in [0.05, 0.1) is 0 Å². The molecule has 0 aromatic heterocycles. The van der Waals surface area contributed by atoms with Gasteiger partial charge in [0.15, 0.2) is 0 Å². The van der Waals surface area contributed by atoms with Crippen molar-refractivity contribution in [2.24, 2.45) is 11.5 Å². The minimum absolute atomic E-state index is 0.305. The van der Waals surface area contributed by atoms with E-state index in [-0.39, 0.29) is 6.03 Å². The molecule has 1 fully saturated rings. The molecule has 4 nitrogen and oxygen atoms in total. The van der Waals surface area contributed by atoms with Gasteiger partial charge in [-0.25, -0.2) is 4.79 Å². The number of nitrogens with zero attached hydrogens (tertiary/aromatic N) is 1. The Balaban J connectivity index is 2.26. The summed E-state index contributed by atoms with van der Waals surface area (Å²) in [6, 6.07) is 0.111. The smallest absolute Gasteiger partial charge is 0.315 e. The summed E-state index contributed by atoms with van der Waals surface area (Å²) in [5, 5.41) is 0. The molecule has 0 atom stereocenters. The molecule has 0 saturated heterocycles. The van der Waals surface area contributed by atoms with Crippen LogP contribution in [-0.4, -0.2) is 30.1 Å². The van der Waals surface area contributed by atoms with E-state index in [0.29, 0.717) is 12.6 Å². The van der Waals surface area contributed by atoms with Crippen molar-refractivity contribution >= 4 is 6.03 Å². The molecule has 0 aromatic rings. The number of hydrogen-bond donors (Lipinski definition) is 2. The molecule has 0 aromatic carbocycles. The van der Waals surface area contributed by atoms with Crippen molar-refractivity contribution in [3.05, 3.63) is 0 Å². The van der Waals surface area contributed by atoms with Crippen molar-refractivity contribution in [3.8, 4) is 0 Å². The van der Waals surface area contributed by atoms with E-state index in [1.54, 1.807) is 4.90 Å². The van der Waals surface area contributed by atoms with Crippen LogP contribution in [0.25, 0.3) is 0 Å². The van der Waals surface area contributed by atoms with Crippen LogP contribution in [0.1, 0.15) is 19.3 Å². The number of nitrogens with two attached hydrogens (primary N) is 2. The summed E-state index contributed by atoms with van der Waals surface area (Å²) in [6.07, 6.45) is 3.06. The van der Waals surface area contributed by atoms with E-state index < -0.39 is 0 Å². The predicted molar refractivity (Wildman–Crippen MR) is 43.0 cm³/mol. The van der Waals surface area contributed by atoms with Gasteiger partial charge in [-0.05, 0) is 25.8 Å². The summed E-state index contributed by atoms with van der Waals surface area (Å²) in [7, 11) is 0. The second kappa shape index (κ2) is 3.57. The Morgan fingerprint density at radius 1 is 1.55 bits per heavy atom. The van der Waals surface area contributed by atoms with E-state index in [9.17, 15) is 4.79 Å². The maximum absolute atomic E-state index is 10.8. The Hall–Kier alpha value is -0.770. The van der Waals surface area contributed by atoms with Crippen molar-refractivity contribution < 1.29 is 4.79 Å². The van der Waals surface area contributed by atoms with Crippen LogP contribution in [0.5, 0.6) is 0 Å². The lowest BCUT2D eigenvalue weighted by molar-refractivity contribution is 0.204. The highest BCUT2D eigenvalue weighted by atomic mass is 16.2. The maximum Gasteiger partial charge on any atom is 0.315 e. The van der Waals surface area contributed by atoms with Gasteiger partial charge in [0.25, 0.3) is 0 Å². The van der Waals surface area contributed by atoms with E-state index >= 15 is 0 Å². The molecule has 1 saturated carbocycles. The van der Waals surface area contributed by atoms with Crippen LogP contribution in [-0.2, 0) is 0 Å². The summed E-state index contributed by atoms with van der Waals surface area (Å²) >= 11 is 0. The van der Waals surface area contributed by atoms with Gasteiger partial charge in [0, 0.05) is 12.6 Å². The number of amides is 2. The average molecular weight is 157 g/mol. The second-order valence-corrected chi connectivity index (χ2v) is 2.91. The van der Waals surface area contributed by atoms with Gasteiger partial charge in [-0.3, -0.25) is 0 Å². The lowest BCUT2D eigenvalue weighted by Crippen LogP contribution is -2.38. The van der Waals surface area contributed by atoms with Crippen LogP contribution < -0.4 is 11.5 Å². The Labute approximate surface area is 66.5 Å². The number of rotatable bonds is 4.